The Morgan fingerprint density at radius 1 is 1.10 bits per heavy atom. The van der Waals surface area contributed by atoms with Gasteiger partial charge in [-0.3, -0.25) is 9.59 Å². The molecule has 3 unspecified atom stereocenters. The molecule has 3 aliphatic heterocycles. The summed E-state index contributed by atoms with van der Waals surface area (Å²) in [5, 5.41) is 19.9. The van der Waals surface area contributed by atoms with Crippen LogP contribution in [0.3, 0.4) is 0 Å². The Kier molecular flexibility index (Phi) is 7.35. The molecule has 3 aliphatic rings. The zero-order valence-corrected chi connectivity index (χ0v) is 27.4. The van der Waals surface area contributed by atoms with E-state index in [0.29, 0.717) is 11.5 Å². The number of rotatable bonds is 5. The lowest BCUT2D eigenvalue weighted by molar-refractivity contribution is -0.136. The highest BCUT2D eigenvalue weighted by atomic mass is 16.5. The second kappa shape index (κ2) is 11.2. The zero-order chi connectivity index (χ0) is 34.1. The molecule has 13 nitrogen and oxygen atoms in total. The van der Waals surface area contributed by atoms with Crippen molar-refractivity contribution in [3.05, 3.63) is 82.8 Å². The summed E-state index contributed by atoms with van der Waals surface area (Å²) in [6.07, 6.45) is -0.646. The number of benzene rings is 2. The third-order valence-corrected chi connectivity index (χ3v) is 9.22. The SMILES string of the molecule is COC(=O)c1coc(-c2nc3oc2[C@]24c5ccccc5NC2Oc2ccc(cc24)CC(NC(=O)[C@@H](O)C(C)C)C(=O)NC3C(C)(C)C)n1. The number of ether oxygens (including phenoxy) is 2. The maximum Gasteiger partial charge on any atom is 0.360 e. The number of fused-ring (bicyclic) bond motifs is 4. The van der Waals surface area contributed by atoms with E-state index in [1.54, 1.807) is 13.8 Å². The number of aromatic nitrogens is 2. The molecular weight excluding hydrogens is 618 g/mol. The lowest BCUT2D eigenvalue weighted by atomic mass is 9.72. The van der Waals surface area contributed by atoms with Crippen molar-refractivity contribution in [1.29, 1.82) is 0 Å². The van der Waals surface area contributed by atoms with Gasteiger partial charge in [0, 0.05) is 17.7 Å². The van der Waals surface area contributed by atoms with Crippen molar-refractivity contribution >= 4 is 23.5 Å². The van der Waals surface area contributed by atoms with E-state index >= 15 is 0 Å². The Bertz CT molecular complexity index is 1940. The van der Waals surface area contributed by atoms with Crippen LogP contribution < -0.4 is 20.7 Å². The number of oxazole rings is 2. The highest BCUT2D eigenvalue weighted by Gasteiger charge is 2.61. The summed E-state index contributed by atoms with van der Waals surface area (Å²) < 4.78 is 24.1. The molecular formula is C35H37N5O8. The number of nitrogens with zero attached hydrogens (tertiary/aromatic N) is 2. The van der Waals surface area contributed by atoms with Crippen LogP contribution in [0.4, 0.5) is 5.69 Å². The average Bonchev–Trinajstić information content (AvgIpc) is 3.82. The number of para-hydroxylation sites is 1. The van der Waals surface area contributed by atoms with Gasteiger partial charge in [-0.05, 0) is 34.6 Å². The molecule has 250 valence electrons. The van der Waals surface area contributed by atoms with Crippen molar-refractivity contribution in [3.63, 3.8) is 0 Å². The Hall–Kier alpha value is -5.17. The molecule has 2 amide bonds. The molecule has 0 fully saturated rings. The fraction of sp³-hybridized carbons (Fsp3) is 0.400. The van der Waals surface area contributed by atoms with E-state index in [0.717, 1.165) is 22.4 Å². The van der Waals surface area contributed by atoms with E-state index in [4.69, 9.17) is 23.3 Å². The topological polar surface area (TPSA) is 178 Å². The highest BCUT2D eigenvalue weighted by molar-refractivity contribution is 5.90. The third kappa shape index (κ3) is 4.83. The van der Waals surface area contributed by atoms with Crippen LogP contribution in [0.25, 0.3) is 11.6 Å². The molecule has 0 saturated carbocycles. The van der Waals surface area contributed by atoms with Crippen LogP contribution in [0.1, 0.15) is 79.5 Å². The van der Waals surface area contributed by atoms with Crippen molar-refractivity contribution < 1.29 is 37.8 Å². The highest BCUT2D eigenvalue weighted by Crippen LogP contribution is 2.59. The van der Waals surface area contributed by atoms with Gasteiger partial charge in [-0.15, -0.1) is 0 Å². The fourth-order valence-electron chi connectivity index (χ4n) is 6.70. The number of anilines is 1. The first-order valence-corrected chi connectivity index (χ1v) is 15.8. The molecule has 4 aromatic rings. The first kappa shape index (κ1) is 31.4. The van der Waals surface area contributed by atoms with Gasteiger partial charge in [0.15, 0.2) is 23.4 Å². The van der Waals surface area contributed by atoms with E-state index in [1.807, 2.05) is 63.2 Å². The largest absolute Gasteiger partial charge is 0.469 e. The van der Waals surface area contributed by atoms with E-state index < -0.39 is 53.0 Å². The Morgan fingerprint density at radius 2 is 1.88 bits per heavy atom. The molecule has 1 spiro atoms. The lowest BCUT2D eigenvalue weighted by Gasteiger charge is -2.32. The molecule has 5 heterocycles. The molecule has 4 N–H and O–H groups in total. The van der Waals surface area contributed by atoms with Crippen LogP contribution in [0, 0.1) is 11.3 Å². The van der Waals surface area contributed by atoms with Gasteiger partial charge in [-0.25, -0.2) is 14.8 Å². The first-order chi connectivity index (χ1) is 22.8. The summed E-state index contributed by atoms with van der Waals surface area (Å²) in [6.45, 7) is 9.24. The molecule has 5 atom stereocenters. The molecule has 0 saturated heterocycles. The molecule has 13 heteroatoms. The summed E-state index contributed by atoms with van der Waals surface area (Å²) in [5.74, 6) is -1.06. The second-order valence-corrected chi connectivity index (χ2v) is 13.8. The number of aliphatic hydroxyl groups is 1. The van der Waals surface area contributed by atoms with Crippen LogP contribution >= 0.6 is 0 Å². The minimum absolute atomic E-state index is 0.0178. The summed E-state index contributed by atoms with van der Waals surface area (Å²) in [6, 6.07) is 11.6. The third-order valence-electron chi connectivity index (χ3n) is 9.22. The minimum atomic E-state index is -1.30. The Labute approximate surface area is 276 Å². The summed E-state index contributed by atoms with van der Waals surface area (Å²) in [5.41, 5.74) is 1.57. The number of aliphatic hydroxyl groups excluding tert-OH is 1. The van der Waals surface area contributed by atoms with Crippen molar-refractivity contribution in [3.8, 4) is 17.3 Å². The summed E-state index contributed by atoms with van der Waals surface area (Å²) >= 11 is 0. The van der Waals surface area contributed by atoms with Crippen molar-refractivity contribution in [2.24, 2.45) is 11.3 Å². The molecule has 4 bridgehead atoms. The van der Waals surface area contributed by atoms with Crippen LogP contribution in [-0.4, -0.2) is 58.3 Å². The van der Waals surface area contributed by atoms with E-state index in [2.05, 4.69) is 20.9 Å². The van der Waals surface area contributed by atoms with Gasteiger partial charge in [0.05, 0.1) is 7.11 Å². The number of esters is 1. The predicted molar refractivity (Wildman–Crippen MR) is 171 cm³/mol. The predicted octanol–water partition coefficient (Wildman–Crippen LogP) is 3.86. The average molecular weight is 656 g/mol. The molecule has 2 aromatic heterocycles. The van der Waals surface area contributed by atoms with Crippen LogP contribution in [-0.2, 0) is 26.2 Å². The molecule has 2 aromatic carbocycles. The van der Waals surface area contributed by atoms with E-state index in [-0.39, 0.29) is 35.5 Å². The zero-order valence-electron chi connectivity index (χ0n) is 27.4. The summed E-state index contributed by atoms with van der Waals surface area (Å²) in [7, 11) is 1.25. The number of hydrogen-bond donors (Lipinski definition) is 4. The number of methoxy groups -OCH3 is 1. The Balaban J connectivity index is 1.49. The number of amides is 2. The summed E-state index contributed by atoms with van der Waals surface area (Å²) in [4.78, 5) is 48.9. The maximum atomic E-state index is 14.1. The minimum Gasteiger partial charge on any atom is -0.469 e. The van der Waals surface area contributed by atoms with E-state index in [9.17, 15) is 19.5 Å². The first-order valence-electron chi connectivity index (χ1n) is 15.8. The van der Waals surface area contributed by atoms with Crippen LogP contribution in [0.5, 0.6) is 5.75 Å². The lowest BCUT2D eigenvalue weighted by Crippen LogP contribution is -2.53. The van der Waals surface area contributed by atoms with Crippen LogP contribution in [0.15, 0.2) is 57.6 Å². The van der Waals surface area contributed by atoms with Gasteiger partial charge >= 0.3 is 5.97 Å². The Morgan fingerprint density at radius 3 is 2.60 bits per heavy atom. The molecule has 0 aliphatic carbocycles. The van der Waals surface area contributed by atoms with Gasteiger partial charge in [0.1, 0.15) is 35.6 Å². The monoisotopic (exact) mass is 655 g/mol. The van der Waals surface area contributed by atoms with Crippen molar-refractivity contribution in [2.75, 3.05) is 12.4 Å². The quantitative estimate of drug-likeness (QED) is 0.230. The smallest absolute Gasteiger partial charge is 0.360 e. The van der Waals surface area contributed by atoms with E-state index in [1.165, 1.54) is 13.4 Å². The second-order valence-electron chi connectivity index (χ2n) is 13.8. The van der Waals surface area contributed by atoms with Gasteiger partial charge in [0.25, 0.3) is 0 Å². The fourth-order valence-corrected chi connectivity index (χ4v) is 6.70. The van der Waals surface area contributed by atoms with Gasteiger partial charge in [-0.1, -0.05) is 65.0 Å². The standard InChI is InChI=1S/C35H37N5O8/c1-16(2)25(41)29(43)36-21-14-17-11-12-23-19(13-17)35(18-9-7-8-10-20(18)38-33(35)47-23)27-24(30-37-22(15-46-30)32(44)45-6)39-31(48-27)26(34(3,4)5)40-28(21)42/h7-13,15-16,21,25-26,33,38,41H,14H2,1-6H3,(H,36,43)(H,40,42)/t21?,25-,26?,33?,35+/m0/s1. The van der Waals surface area contributed by atoms with Gasteiger partial charge in [-0.2, -0.15) is 0 Å². The number of carbonyl (C=O) groups excluding carboxylic acids is 3. The van der Waals surface area contributed by atoms with Crippen LogP contribution in [0.2, 0.25) is 0 Å². The molecule has 7 rings (SSSR count). The van der Waals surface area contributed by atoms with Gasteiger partial charge in [0.2, 0.25) is 23.6 Å². The normalized spacial score (nSPS) is 23.1. The number of carbonyl (C=O) groups is 3. The molecule has 48 heavy (non-hydrogen) atoms. The number of nitrogens with one attached hydrogen (secondary N) is 3. The number of hydrogen-bond acceptors (Lipinski definition) is 11. The van der Waals surface area contributed by atoms with Gasteiger partial charge < -0.3 is 39.4 Å². The van der Waals surface area contributed by atoms with Crippen molar-refractivity contribution in [2.45, 2.75) is 70.9 Å². The van der Waals surface area contributed by atoms with Crippen molar-refractivity contribution in [1.82, 2.24) is 20.6 Å². The molecule has 0 radical (unpaired) electrons. The maximum absolute atomic E-state index is 14.1.